The van der Waals surface area contributed by atoms with Gasteiger partial charge >= 0.3 is 0 Å². The molecule has 1 aromatic carbocycles. The summed E-state index contributed by atoms with van der Waals surface area (Å²) in [5, 5.41) is 7.07. The number of rotatable bonds is 6. The first-order valence-corrected chi connectivity index (χ1v) is 9.74. The molecular formula is C22H24N4O3. The summed E-state index contributed by atoms with van der Waals surface area (Å²) in [7, 11) is 0. The van der Waals surface area contributed by atoms with E-state index in [-0.39, 0.29) is 17.6 Å². The molecule has 2 aromatic heterocycles. The van der Waals surface area contributed by atoms with E-state index in [2.05, 4.69) is 51.5 Å². The van der Waals surface area contributed by atoms with Crippen molar-refractivity contribution in [2.75, 3.05) is 32.8 Å². The maximum atomic E-state index is 12.9. The van der Waals surface area contributed by atoms with Gasteiger partial charge < -0.3 is 14.6 Å². The second kappa shape index (κ2) is 8.98. The molecule has 0 spiro atoms. The molecule has 7 nitrogen and oxygen atoms in total. The number of aromatic nitrogens is 2. The van der Waals surface area contributed by atoms with Gasteiger partial charge in [-0.1, -0.05) is 35.0 Å². The van der Waals surface area contributed by atoms with E-state index in [9.17, 15) is 4.79 Å². The van der Waals surface area contributed by atoms with Crippen molar-refractivity contribution in [1.29, 1.82) is 0 Å². The van der Waals surface area contributed by atoms with Crippen LogP contribution in [-0.2, 0) is 4.74 Å². The highest BCUT2D eigenvalue weighted by Gasteiger charge is 2.22. The smallest absolute Gasteiger partial charge is 0.274 e. The topological polar surface area (TPSA) is 80.5 Å². The highest BCUT2D eigenvalue weighted by molar-refractivity contribution is 5.93. The number of morpholine rings is 1. The van der Waals surface area contributed by atoms with Crippen LogP contribution in [0.5, 0.6) is 0 Å². The fourth-order valence-electron chi connectivity index (χ4n) is 3.33. The van der Waals surface area contributed by atoms with Gasteiger partial charge in [-0.15, -0.1) is 0 Å². The third-order valence-electron chi connectivity index (χ3n) is 5.02. The quantitative estimate of drug-likeness (QED) is 0.695. The average molecular weight is 392 g/mol. The number of benzene rings is 1. The molecule has 29 heavy (non-hydrogen) atoms. The molecule has 4 rings (SSSR count). The van der Waals surface area contributed by atoms with E-state index in [0.29, 0.717) is 25.5 Å². The Morgan fingerprint density at radius 1 is 1.21 bits per heavy atom. The number of pyridine rings is 1. The molecule has 1 fully saturated rings. The molecule has 7 heteroatoms. The normalized spacial score (nSPS) is 15.8. The summed E-state index contributed by atoms with van der Waals surface area (Å²) in [6, 6.07) is 13.4. The lowest BCUT2D eigenvalue weighted by Crippen LogP contribution is -2.43. The fraction of sp³-hybridized carbons (Fsp3) is 0.318. The van der Waals surface area contributed by atoms with Crippen LogP contribution in [0.1, 0.15) is 27.7 Å². The van der Waals surface area contributed by atoms with Crippen LogP contribution >= 0.6 is 0 Å². The average Bonchev–Trinajstić information content (AvgIpc) is 3.26. The summed E-state index contributed by atoms with van der Waals surface area (Å²) in [5.41, 5.74) is 3.28. The molecule has 1 aliphatic heterocycles. The van der Waals surface area contributed by atoms with Crippen LogP contribution < -0.4 is 5.32 Å². The van der Waals surface area contributed by atoms with Gasteiger partial charge in [0.05, 0.1) is 19.3 Å². The Morgan fingerprint density at radius 3 is 2.72 bits per heavy atom. The van der Waals surface area contributed by atoms with Crippen molar-refractivity contribution < 1.29 is 14.1 Å². The van der Waals surface area contributed by atoms with Gasteiger partial charge in [0.15, 0.2) is 11.5 Å². The molecule has 1 N–H and O–H groups in total. The Hall–Kier alpha value is -3.03. The number of amides is 1. The van der Waals surface area contributed by atoms with Crippen molar-refractivity contribution in [3.63, 3.8) is 0 Å². The van der Waals surface area contributed by atoms with Crippen LogP contribution in [0, 0.1) is 6.92 Å². The van der Waals surface area contributed by atoms with E-state index < -0.39 is 0 Å². The minimum Gasteiger partial charge on any atom is -0.379 e. The van der Waals surface area contributed by atoms with Gasteiger partial charge in [-0.25, -0.2) is 0 Å². The molecule has 1 atom stereocenters. The van der Waals surface area contributed by atoms with Crippen LogP contribution in [-0.4, -0.2) is 53.8 Å². The number of hydrogen-bond donors (Lipinski definition) is 1. The summed E-state index contributed by atoms with van der Waals surface area (Å²) >= 11 is 0. The Bertz CT molecular complexity index is 934. The van der Waals surface area contributed by atoms with E-state index in [0.717, 1.165) is 24.2 Å². The van der Waals surface area contributed by atoms with Crippen molar-refractivity contribution in [1.82, 2.24) is 20.4 Å². The Morgan fingerprint density at radius 2 is 2.00 bits per heavy atom. The third-order valence-corrected chi connectivity index (χ3v) is 5.02. The van der Waals surface area contributed by atoms with E-state index in [4.69, 9.17) is 9.26 Å². The van der Waals surface area contributed by atoms with Crippen molar-refractivity contribution in [2.45, 2.75) is 13.0 Å². The molecular weight excluding hydrogens is 368 g/mol. The zero-order valence-corrected chi connectivity index (χ0v) is 16.4. The molecule has 3 aromatic rings. The molecule has 1 amide bonds. The van der Waals surface area contributed by atoms with Crippen LogP contribution in [0.2, 0.25) is 0 Å². The molecule has 1 saturated heterocycles. The van der Waals surface area contributed by atoms with Crippen molar-refractivity contribution in [2.24, 2.45) is 0 Å². The van der Waals surface area contributed by atoms with Crippen LogP contribution in [0.15, 0.2) is 59.4 Å². The number of carbonyl (C=O) groups excluding carboxylic acids is 1. The van der Waals surface area contributed by atoms with Gasteiger partial charge in [0.1, 0.15) is 0 Å². The molecule has 0 aliphatic carbocycles. The van der Waals surface area contributed by atoms with Crippen molar-refractivity contribution >= 4 is 5.91 Å². The molecule has 0 unspecified atom stereocenters. The molecule has 0 radical (unpaired) electrons. The van der Waals surface area contributed by atoms with E-state index in [1.165, 1.54) is 5.56 Å². The van der Waals surface area contributed by atoms with Gasteiger partial charge in [0.25, 0.3) is 5.91 Å². The minimum atomic E-state index is -0.261. The van der Waals surface area contributed by atoms with Crippen LogP contribution in [0.4, 0.5) is 0 Å². The molecule has 3 heterocycles. The van der Waals surface area contributed by atoms with Gasteiger partial charge in [-0.3, -0.25) is 14.7 Å². The van der Waals surface area contributed by atoms with Crippen molar-refractivity contribution in [3.8, 4) is 11.3 Å². The maximum absolute atomic E-state index is 12.9. The number of hydrogen-bond acceptors (Lipinski definition) is 6. The first-order valence-electron chi connectivity index (χ1n) is 9.74. The first-order chi connectivity index (χ1) is 14.2. The number of ether oxygens (including phenoxy) is 1. The monoisotopic (exact) mass is 392 g/mol. The first kappa shape index (κ1) is 19.3. The Kier molecular flexibility index (Phi) is 5.97. The maximum Gasteiger partial charge on any atom is 0.274 e. The lowest BCUT2D eigenvalue weighted by Gasteiger charge is -2.31. The molecule has 0 saturated carbocycles. The van der Waals surface area contributed by atoms with E-state index in [1.807, 2.05) is 12.1 Å². The lowest BCUT2D eigenvalue weighted by molar-refractivity contribution is 0.0332. The Balaban J connectivity index is 1.51. The van der Waals surface area contributed by atoms with Gasteiger partial charge in [0.2, 0.25) is 0 Å². The molecule has 1 aliphatic rings. The summed E-state index contributed by atoms with van der Waals surface area (Å²) in [5.74, 6) is 0.256. The van der Waals surface area contributed by atoms with Gasteiger partial charge in [0, 0.05) is 43.7 Å². The van der Waals surface area contributed by atoms with Crippen LogP contribution in [0.25, 0.3) is 11.3 Å². The van der Waals surface area contributed by atoms with Gasteiger partial charge in [-0.2, -0.15) is 0 Å². The summed E-state index contributed by atoms with van der Waals surface area (Å²) in [6.45, 7) is 5.90. The SMILES string of the molecule is Cc1ccc([C@@H](CN2CCOCC2)NC(=O)c2cc(-c3cccnc3)on2)cc1. The zero-order chi connectivity index (χ0) is 20.1. The second-order valence-electron chi connectivity index (χ2n) is 7.17. The summed E-state index contributed by atoms with van der Waals surface area (Å²) in [4.78, 5) is 19.3. The largest absolute Gasteiger partial charge is 0.379 e. The standard InChI is InChI=1S/C22H24N4O3/c1-16-4-6-17(7-5-16)20(15-26-9-11-28-12-10-26)24-22(27)19-13-21(29-25-19)18-3-2-8-23-14-18/h2-8,13-14,20H,9-12,15H2,1H3,(H,24,27)/t20-/m1/s1. The van der Waals surface area contributed by atoms with Crippen molar-refractivity contribution in [3.05, 3.63) is 71.7 Å². The molecule has 0 bridgehead atoms. The third kappa shape index (κ3) is 4.88. The highest BCUT2D eigenvalue weighted by atomic mass is 16.5. The fourth-order valence-corrected chi connectivity index (χ4v) is 3.33. The lowest BCUT2D eigenvalue weighted by atomic mass is 10.0. The predicted octanol–water partition coefficient (Wildman–Crippen LogP) is 2.85. The molecule has 150 valence electrons. The Labute approximate surface area is 169 Å². The number of aryl methyl sites for hydroxylation is 1. The minimum absolute atomic E-state index is 0.153. The zero-order valence-electron chi connectivity index (χ0n) is 16.4. The van der Waals surface area contributed by atoms with E-state index in [1.54, 1.807) is 18.5 Å². The second-order valence-corrected chi connectivity index (χ2v) is 7.17. The summed E-state index contributed by atoms with van der Waals surface area (Å²) in [6.07, 6.45) is 3.36. The number of nitrogens with one attached hydrogen (secondary N) is 1. The van der Waals surface area contributed by atoms with Crippen LogP contribution in [0.3, 0.4) is 0 Å². The van der Waals surface area contributed by atoms with Gasteiger partial charge in [-0.05, 0) is 24.6 Å². The predicted molar refractivity (Wildman–Crippen MR) is 108 cm³/mol. The summed E-state index contributed by atoms with van der Waals surface area (Å²) < 4.78 is 10.8. The van der Waals surface area contributed by atoms with E-state index >= 15 is 0 Å². The number of carbonyl (C=O) groups is 1. The number of nitrogens with zero attached hydrogens (tertiary/aromatic N) is 3. The highest BCUT2D eigenvalue weighted by Crippen LogP contribution is 2.21.